The van der Waals surface area contributed by atoms with Gasteiger partial charge in [0.25, 0.3) is 11.6 Å². The minimum Gasteiger partial charge on any atom is -0.348 e. The van der Waals surface area contributed by atoms with Gasteiger partial charge in [0.15, 0.2) is 0 Å². The minimum absolute atomic E-state index is 0.0861. The van der Waals surface area contributed by atoms with Crippen molar-refractivity contribution in [3.63, 3.8) is 0 Å². The lowest BCUT2D eigenvalue weighted by molar-refractivity contribution is -0.384. The topological polar surface area (TPSA) is 72.2 Å². The SMILES string of the molecule is O=C(NCc1ccc(Br)cc1)c1cc([N+](=O)[O-])ccc1Cl. The normalized spacial score (nSPS) is 10.2. The van der Waals surface area contributed by atoms with Crippen LogP contribution in [0.5, 0.6) is 0 Å². The predicted molar refractivity (Wildman–Crippen MR) is 83.4 cm³/mol. The maximum Gasteiger partial charge on any atom is 0.270 e. The molecule has 0 atom stereocenters. The Morgan fingerprint density at radius 1 is 1.24 bits per heavy atom. The zero-order valence-corrected chi connectivity index (χ0v) is 13.0. The molecular weight excluding hydrogens is 360 g/mol. The monoisotopic (exact) mass is 368 g/mol. The molecule has 0 bridgehead atoms. The van der Waals surface area contributed by atoms with Crippen molar-refractivity contribution in [1.29, 1.82) is 0 Å². The highest BCUT2D eigenvalue weighted by Gasteiger charge is 2.15. The van der Waals surface area contributed by atoms with Crippen molar-refractivity contribution in [3.8, 4) is 0 Å². The van der Waals surface area contributed by atoms with Crippen molar-refractivity contribution in [3.05, 3.63) is 73.2 Å². The van der Waals surface area contributed by atoms with E-state index in [2.05, 4.69) is 21.2 Å². The quantitative estimate of drug-likeness (QED) is 0.655. The van der Waals surface area contributed by atoms with Crippen molar-refractivity contribution in [2.75, 3.05) is 0 Å². The summed E-state index contributed by atoms with van der Waals surface area (Å²) in [6.07, 6.45) is 0. The molecule has 0 aromatic heterocycles. The van der Waals surface area contributed by atoms with Gasteiger partial charge in [-0.15, -0.1) is 0 Å². The second kappa shape index (κ2) is 6.69. The Balaban J connectivity index is 2.11. The molecule has 2 aromatic rings. The zero-order chi connectivity index (χ0) is 15.4. The molecule has 0 aliphatic rings. The Kier molecular flexibility index (Phi) is 4.93. The van der Waals surface area contributed by atoms with Crippen LogP contribution in [-0.2, 0) is 6.54 Å². The molecule has 7 heteroatoms. The third-order valence-electron chi connectivity index (χ3n) is 2.77. The van der Waals surface area contributed by atoms with Gasteiger partial charge in [0, 0.05) is 23.2 Å². The second-order valence-electron chi connectivity index (χ2n) is 4.23. The average molecular weight is 370 g/mol. The van der Waals surface area contributed by atoms with Crippen LogP contribution in [0.25, 0.3) is 0 Å². The first-order chi connectivity index (χ1) is 9.97. The van der Waals surface area contributed by atoms with Crippen molar-refractivity contribution in [2.45, 2.75) is 6.54 Å². The Labute approximate surface area is 134 Å². The summed E-state index contributed by atoms with van der Waals surface area (Å²) in [5.41, 5.74) is 0.823. The predicted octanol–water partition coefficient (Wildman–Crippen LogP) is 3.94. The van der Waals surface area contributed by atoms with Gasteiger partial charge in [0.1, 0.15) is 0 Å². The number of benzene rings is 2. The molecule has 21 heavy (non-hydrogen) atoms. The van der Waals surface area contributed by atoms with E-state index in [1.165, 1.54) is 18.2 Å². The third-order valence-corrected chi connectivity index (χ3v) is 3.63. The van der Waals surface area contributed by atoms with Gasteiger partial charge in [-0.25, -0.2) is 0 Å². The highest BCUT2D eigenvalue weighted by molar-refractivity contribution is 9.10. The van der Waals surface area contributed by atoms with Crippen LogP contribution >= 0.6 is 27.5 Å². The Morgan fingerprint density at radius 2 is 1.90 bits per heavy atom. The van der Waals surface area contributed by atoms with Crippen LogP contribution in [-0.4, -0.2) is 10.8 Å². The van der Waals surface area contributed by atoms with Gasteiger partial charge in [-0.2, -0.15) is 0 Å². The van der Waals surface area contributed by atoms with Gasteiger partial charge in [0.2, 0.25) is 0 Å². The van der Waals surface area contributed by atoms with Crippen LogP contribution in [0.4, 0.5) is 5.69 Å². The highest BCUT2D eigenvalue weighted by atomic mass is 79.9. The number of carbonyl (C=O) groups excluding carboxylic acids is 1. The Bertz CT molecular complexity index is 689. The number of nitrogens with zero attached hydrogens (tertiary/aromatic N) is 1. The fraction of sp³-hybridized carbons (Fsp3) is 0.0714. The van der Waals surface area contributed by atoms with Gasteiger partial charge in [-0.05, 0) is 23.8 Å². The number of nitro benzene ring substituents is 1. The maximum atomic E-state index is 12.1. The zero-order valence-electron chi connectivity index (χ0n) is 10.7. The lowest BCUT2D eigenvalue weighted by atomic mass is 10.1. The molecule has 0 aliphatic heterocycles. The van der Waals surface area contributed by atoms with Crippen molar-refractivity contribution >= 4 is 39.1 Å². The van der Waals surface area contributed by atoms with E-state index in [0.29, 0.717) is 6.54 Å². The number of halogens is 2. The third kappa shape index (κ3) is 4.03. The van der Waals surface area contributed by atoms with Crippen LogP contribution in [0.1, 0.15) is 15.9 Å². The van der Waals surface area contributed by atoms with E-state index < -0.39 is 10.8 Å². The molecule has 2 aromatic carbocycles. The summed E-state index contributed by atoms with van der Waals surface area (Å²) in [6, 6.07) is 11.2. The number of amides is 1. The summed E-state index contributed by atoms with van der Waals surface area (Å²) in [4.78, 5) is 22.2. The van der Waals surface area contributed by atoms with Crippen LogP contribution in [0.3, 0.4) is 0 Å². The largest absolute Gasteiger partial charge is 0.348 e. The van der Waals surface area contributed by atoms with Crippen molar-refractivity contribution in [1.82, 2.24) is 5.32 Å². The lowest BCUT2D eigenvalue weighted by Gasteiger charge is -2.07. The number of hydrogen-bond donors (Lipinski definition) is 1. The first-order valence-electron chi connectivity index (χ1n) is 5.94. The number of rotatable bonds is 4. The molecule has 0 heterocycles. The van der Waals surface area contributed by atoms with E-state index in [4.69, 9.17) is 11.6 Å². The van der Waals surface area contributed by atoms with Crippen LogP contribution in [0.2, 0.25) is 5.02 Å². The fourth-order valence-electron chi connectivity index (χ4n) is 1.68. The molecule has 0 spiro atoms. The molecule has 0 radical (unpaired) electrons. The van der Waals surface area contributed by atoms with Crippen molar-refractivity contribution < 1.29 is 9.72 Å². The average Bonchev–Trinajstić information content (AvgIpc) is 2.46. The molecular formula is C14H10BrClN2O3. The van der Waals surface area contributed by atoms with Crippen LogP contribution in [0, 0.1) is 10.1 Å². The van der Waals surface area contributed by atoms with Gasteiger partial charge in [-0.1, -0.05) is 39.7 Å². The van der Waals surface area contributed by atoms with Crippen LogP contribution in [0.15, 0.2) is 46.9 Å². The first-order valence-corrected chi connectivity index (χ1v) is 7.11. The van der Waals surface area contributed by atoms with Crippen LogP contribution < -0.4 is 5.32 Å². The molecule has 1 amide bonds. The second-order valence-corrected chi connectivity index (χ2v) is 5.55. The Morgan fingerprint density at radius 3 is 2.52 bits per heavy atom. The van der Waals surface area contributed by atoms with E-state index in [9.17, 15) is 14.9 Å². The smallest absolute Gasteiger partial charge is 0.270 e. The molecule has 2 rings (SSSR count). The van der Waals surface area contributed by atoms with E-state index in [1.54, 1.807) is 0 Å². The van der Waals surface area contributed by atoms with Gasteiger partial charge in [-0.3, -0.25) is 14.9 Å². The summed E-state index contributed by atoms with van der Waals surface area (Å²) >= 11 is 9.23. The summed E-state index contributed by atoms with van der Waals surface area (Å²) in [6.45, 7) is 0.311. The standard InChI is InChI=1S/C14H10BrClN2O3/c15-10-3-1-9(2-4-10)8-17-14(19)12-7-11(18(20)21)5-6-13(12)16/h1-7H,8H2,(H,17,19). The molecule has 0 saturated heterocycles. The molecule has 5 nitrogen and oxygen atoms in total. The van der Waals surface area contributed by atoms with Crippen molar-refractivity contribution in [2.24, 2.45) is 0 Å². The molecule has 0 fully saturated rings. The summed E-state index contributed by atoms with van der Waals surface area (Å²) in [5, 5.41) is 13.6. The molecule has 1 N–H and O–H groups in total. The molecule has 0 saturated carbocycles. The van der Waals surface area contributed by atoms with E-state index in [1.807, 2.05) is 24.3 Å². The van der Waals surface area contributed by atoms with E-state index >= 15 is 0 Å². The lowest BCUT2D eigenvalue weighted by Crippen LogP contribution is -2.23. The fourth-order valence-corrected chi connectivity index (χ4v) is 2.15. The van der Waals surface area contributed by atoms with E-state index in [-0.39, 0.29) is 16.3 Å². The number of nitrogens with one attached hydrogen (secondary N) is 1. The Hall–Kier alpha value is -1.92. The molecule has 0 aliphatic carbocycles. The number of non-ortho nitro benzene ring substituents is 1. The number of nitro groups is 1. The summed E-state index contributed by atoms with van der Waals surface area (Å²) in [7, 11) is 0. The van der Waals surface area contributed by atoms with Gasteiger partial charge >= 0.3 is 0 Å². The molecule has 108 valence electrons. The number of carbonyl (C=O) groups is 1. The summed E-state index contributed by atoms with van der Waals surface area (Å²) in [5.74, 6) is -0.452. The maximum absolute atomic E-state index is 12.1. The highest BCUT2D eigenvalue weighted by Crippen LogP contribution is 2.22. The minimum atomic E-state index is -0.568. The first kappa shape index (κ1) is 15.5. The number of hydrogen-bond acceptors (Lipinski definition) is 3. The molecule has 0 unspecified atom stereocenters. The van der Waals surface area contributed by atoms with Gasteiger partial charge < -0.3 is 5.32 Å². The van der Waals surface area contributed by atoms with E-state index in [0.717, 1.165) is 10.0 Å². The summed E-state index contributed by atoms with van der Waals surface area (Å²) < 4.78 is 0.944. The van der Waals surface area contributed by atoms with Gasteiger partial charge in [0.05, 0.1) is 15.5 Å².